The molecule has 4 nitrogen and oxygen atoms in total. The Balaban J connectivity index is 1.33. The number of carbonyl (C=O) groups excluding carboxylic acids is 2. The summed E-state index contributed by atoms with van der Waals surface area (Å²) < 4.78 is 0. The van der Waals surface area contributed by atoms with E-state index in [1.54, 1.807) is 0 Å². The van der Waals surface area contributed by atoms with Gasteiger partial charge in [0, 0.05) is 36.5 Å². The van der Waals surface area contributed by atoms with E-state index in [1.165, 1.54) is 0 Å². The average molecular weight is 431 g/mol. The maximum absolute atomic E-state index is 13.3. The summed E-state index contributed by atoms with van der Waals surface area (Å²) in [5, 5.41) is 2.09. The molecular weight excluding hydrogens is 404 g/mol. The molecule has 0 atom stereocenters. The molecule has 2 aliphatic rings. The normalized spacial score (nSPS) is 18.0. The number of thioether (sulfide) groups is 1. The number of aryl methyl sites for hydroxylation is 1. The van der Waals surface area contributed by atoms with Gasteiger partial charge in [-0.1, -0.05) is 54.1 Å². The van der Waals surface area contributed by atoms with Crippen molar-refractivity contribution in [2.75, 3.05) is 25.4 Å². The van der Waals surface area contributed by atoms with Gasteiger partial charge in [-0.15, -0.1) is 11.8 Å². The summed E-state index contributed by atoms with van der Waals surface area (Å²) in [6.07, 6.45) is 1.62. The predicted octanol–water partition coefficient (Wildman–Crippen LogP) is 4.97. The number of amides is 2. The maximum Gasteiger partial charge on any atom is 0.254 e. The minimum absolute atomic E-state index is 0.0889. The second-order valence-electron chi connectivity index (χ2n) is 8.44. The fourth-order valence-electron chi connectivity index (χ4n) is 4.80. The summed E-state index contributed by atoms with van der Waals surface area (Å²) in [5.41, 5.74) is 2.67. The zero-order valence-electron chi connectivity index (χ0n) is 17.7. The van der Waals surface area contributed by atoms with Crippen LogP contribution in [-0.2, 0) is 0 Å². The molecule has 0 bridgehead atoms. The lowest BCUT2D eigenvalue weighted by Gasteiger charge is -2.44. The van der Waals surface area contributed by atoms with Gasteiger partial charge in [0.05, 0.1) is 4.87 Å². The van der Waals surface area contributed by atoms with Crippen molar-refractivity contribution in [3.8, 4) is 0 Å². The molecule has 158 valence electrons. The van der Waals surface area contributed by atoms with Crippen molar-refractivity contribution in [3.05, 3.63) is 83.4 Å². The van der Waals surface area contributed by atoms with Crippen LogP contribution in [0, 0.1) is 6.92 Å². The van der Waals surface area contributed by atoms with Gasteiger partial charge in [-0.05, 0) is 48.7 Å². The van der Waals surface area contributed by atoms with Crippen LogP contribution in [0.2, 0.25) is 0 Å². The van der Waals surface area contributed by atoms with Crippen LogP contribution in [0.1, 0.15) is 39.1 Å². The smallest absolute Gasteiger partial charge is 0.254 e. The number of piperidine rings is 1. The number of benzene rings is 3. The van der Waals surface area contributed by atoms with E-state index in [4.69, 9.17) is 0 Å². The van der Waals surface area contributed by atoms with Crippen LogP contribution in [0.25, 0.3) is 10.8 Å². The number of likely N-dealkylation sites (tertiary alicyclic amines) is 1. The molecule has 2 amide bonds. The summed E-state index contributed by atoms with van der Waals surface area (Å²) in [4.78, 5) is 30.4. The van der Waals surface area contributed by atoms with Crippen LogP contribution in [0.3, 0.4) is 0 Å². The number of rotatable bonds is 2. The van der Waals surface area contributed by atoms with Gasteiger partial charge in [0.15, 0.2) is 0 Å². The first kappa shape index (κ1) is 20.1. The van der Waals surface area contributed by atoms with E-state index in [9.17, 15) is 9.59 Å². The summed E-state index contributed by atoms with van der Waals surface area (Å²) >= 11 is 1.88. The molecule has 0 unspecified atom stereocenters. The maximum atomic E-state index is 13.3. The highest BCUT2D eigenvalue weighted by Gasteiger charge is 2.47. The van der Waals surface area contributed by atoms with E-state index < -0.39 is 0 Å². The Hall–Kier alpha value is -2.79. The van der Waals surface area contributed by atoms with E-state index in [2.05, 4.69) is 4.90 Å². The minimum atomic E-state index is -0.197. The number of nitrogens with zero attached hydrogens (tertiary/aromatic N) is 2. The van der Waals surface area contributed by atoms with Crippen LogP contribution in [0.15, 0.2) is 66.7 Å². The Morgan fingerprint density at radius 3 is 2.32 bits per heavy atom. The Morgan fingerprint density at radius 2 is 1.55 bits per heavy atom. The molecule has 5 rings (SSSR count). The molecule has 3 aromatic rings. The molecule has 5 heteroatoms. The predicted molar refractivity (Wildman–Crippen MR) is 126 cm³/mol. The first-order valence-electron chi connectivity index (χ1n) is 10.9. The molecule has 0 saturated carbocycles. The Kier molecular flexibility index (Phi) is 5.22. The van der Waals surface area contributed by atoms with Gasteiger partial charge in [0.1, 0.15) is 0 Å². The highest BCUT2D eigenvalue weighted by atomic mass is 32.2. The lowest BCUT2D eigenvalue weighted by Crippen LogP contribution is -2.53. The molecule has 0 radical (unpaired) electrons. The first-order chi connectivity index (χ1) is 15.1. The standard InChI is InChI=1S/C26H26N2O2S/c1-19-9-11-21(12-10-19)24(29)28-17-18-31-26(28)13-15-27(16-14-26)25(30)23-8-4-6-20-5-2-3-7-22(20)23/h2-12H,13-18H2,1H3. The highest BCUT2D eigenvalue weighted by Crippen LogP contribution is 2.44. The van der Waals surface area contributed by atoms with Crippen LogP contribution in [0.5, 0.6) is 0 Å². The lowest BCUT2D eigenvalue weighted by atomic mass is 9.98. The third-order valence-corrected chi connectivity index (χ3v) is 8.13. The molecular formula is C26H26N2O2S. The Bertz CT molecular complexity index is 1130. The van der Waals surface area contributed by atoms with E-state index >= 15 is 0 Å². The van der Waals surface area contributed by atoms with Crippen LogP contribution in [0.4, 0.5) is 0 Å². The van der Waals surface area contributed by atoms with Gasteiger partial charge in [0.2, 0.25) is 0 Å². The quantitative estimate of drug-likeness (QED) is 0.576. The molecule has 2 aliphatic heterocycles. The SMILES string of the molecule is Cc1ccc(C(=O)N2CCSC23CCN(C(=O)c2cccc4ccccc24)CC3)cc1. The fourth-order valence-corrected chi connectivity index (χ4v) is 6.26. The van der Waals surface area contributed by atoms with Crippen LogP contribution >= 0.6 is 11.8 Å². The van der Waals surface area contributed by atoms with Crippen molar-refractivity contribution in [2.24, 2.45) is 0 Å². The summed E-state index contributed by atoms with van der Waals surface area (Å²) in [6, 6.07) is 21.8. The number of carbonyl (C=O) groups is 2. The van der Waals surface area contributed by atoms with Crippen LogP contribution in [-0.4, -0.2) is 51.9 Å². The van der Waals surface area contributed by atoms with Crippen molar-refractivity contribution in [3.63, 3.8) is 0 Å². The summed E-state index contributed by atoms with van der Waals surface area (Å²) in [5.74, 6) is 1.15. The monoisotopic (exact) mass is 430 g/mol. The van der Waals surface area contributed by atoms with E-state index in [-0.39, 0.29) is 16.7 Å². The van der Waals surface area contributed by atoms with Crippen molar-refractivity contribution >= 4 is 34.3 Å². The van der Waals surface area contributed by atoms with Crippen molar-refractivity contribution in [1.82, 2.24) is 9.80 Å². The fraction of sp³-hybridized carbons (Fsp3) is 0.308. The highest BCUT2D eigenvalue weighted by molar-refractivity contribution is 8.00. The van der Waals surface area contributed by atoms with Crippen LogP contribution < -0.4 is 0 Å². The number of hydrogen-bond acceptors (Lipinski definition) is 3. The number of fused-ring (bicyclic) bond motifs is 1. The molecule has 0 N–H and O–H groups in total. The summed E-state index contributed by atoms with van der Waals surface area (Å²) in [7, 11) is 0. The molecule has 31 heavy (non-hydrogen) atoms. The molecule has 2 fully saturated rings. The molecule has 0 aliphatic carbocycles. The largest absolute Gasteiger partial charge is 0.338 e. The van der Waals surface area contributed by atoms with E-state index in [0.717, 1.165) is 52.6 Å². The topological polar surface area (TPSA) is 40.6 Å². The Morgan fingerprint density at radius 1 is 0.839 bits per heavy atom. The Labute approximate surface area is 187 Å². The minimum Gasteiger partial charge on any atom is -0.338 e. The van der Waals surface area contributed by atoms with E-state index in [1.807, 2.05) is 90.3 Å². The lowest BCUT2D eigenvalue weighted by molar-refractivity contribution is 0.0498. The van der Waals surface area contributed by atoms with Gasteiger partial charge >= 0.3 is 0 Å². The second kappa shape index (κ2) is 8.04. The van der Waals surface area contributed by atoms with Crippen molar-refractivity contribution in [1.29, 1.82) is 0 Å². The second-order valence-corrected chi connectivity index (χ2v) is 9.89. The number of hydrogen-bond donors (Lipinski definition) is 0. The average Bonchev–Trinajstić information content (AvgIpc) is 3.21. The van der Waals surface area contributed by atoms with Gasteiger partial charge in [-0.3, -0.25) is 9.59 Å². The van der Waals surface area contributed by atoms with Gasteiger partial charge < -0.3 is 9.80 Å². The zero-order chi connectivity index (χ0) is 21.4. The van der Waals surface area contributed by atoms with E-state index in [0.29, 0.717) is 13.1 Å². The molecule has 2 saturated heterocycles. The van der Waals surface area contributed by atoms with Gasteiger partial charge in [0.25, 0.3) is 11.8 Å². The van der Waals surface area contributed by atoms with Gasteiger partial charge in [-0.2, -0.15) is 0 Å². The summed E-state index contributed by atoms with van der Waals surface area (Å²) in [6.45, 7) is 4.15. The third kappa shape index (κ3) is 3.61. The van der Waals surface area contributed by atoms with Gasteiger partial charge in [-0.25, -0.2) is 0 Å². The first-order valence-corrected chi connectivity index (χ1v) is 11.9. The molecule has 3 aromatic carbocycles. The zero-order valence-corrected chi connectivity index (χ0v) is 18.5. The van der Waals surface area contributed by atoms with Crippen molar-refractivity contribution < 1.29 is 9.59 Å². The van der Waals surface area contributed by atoms with Crippen molar-refractivity contribution in [2.45, 2.75) is 24.6 Å². The molecule has 0 aromatic heterocycles. The molecule has 1 spiro atoms. The third-order valence-electron chi connectivity index (χ3n) is 6.57. The molecule has 2 heterocycles.